The summed E-state index contributed by atoms with van der Waals surface area (Å²) < 4.78 is 5.62. The third kappa shape index (κ3) is 6.12. The van der Waals surface area contributed by atoms with Crippen molar-refractivity contribution in [2.75, 3.05) is 30.0 Å². The molecule has 120 valence electrons. The fraction of sp³-hybridized carbons (Fsp3) is 0.786. The smallest absolute Gasteiger partial charge is 0.323 e. The van der Waals surface area contributed by atoms with Crippen LogP contribution in [-0.4, -0.2) is 34.6 Å². The van der Waals surface area contributed by atoms with Crippen molar-refractivity contribution in [3.05, 3.63) is 0 Å². The molecule has 0 amide bonds. The van der Waals surface area contributed by atoms with Gasteiger partial charge in [-0.05, 0) is 20.3 Å². The van der Waals surface area contributed by atoms with E-state index >= 15 is 0 Å². The van der Waals surface area contributed by atoms with Crippen molar-refractivity contribution in [1.82, 2.24) is 15.0 Å². The third-order valence-electron chi connectivity index (χ3n) is 3.26. The summed E-state index contributed by atoms with van der Waals surface area (Å²) in [5.74, 6) is 6.32. The maximum atomic E-state index is 5.62. The zero-order chi connectivity index (χ0) is 15.5. The van der Waals surface area contributed by atoms with E-state index in [1.807, 2.05) is 4.90 Å². The van der Waals surface area contributed by atoms with Gasteiger partial charge in [-0.2, -0.15) is 15.0 Å². The van der Waals surface area contributed by atoms with Crippen molar-refractivity contribution in [3.8, 4) is 6.01 Å². The molecule has 0 radical (unpaired) electrons. The molecule has 0 spiro atoms. The Balaban J connectivity index is 2.58. The molecule has 1 aromatic heterocycles. The average molecular weight is 296 g/mol. The molecular formula is C14H28N6O. The van der Waals surface area contributed by atoms with Crippen LogP contribution in [0, 0.1) is 0 Å². The summed E-state index contributed by atoms with van der Waals surface area (Å²) in [6.07, 6.45) is 5.95. The molecule has 0 atom stereocenters. The topological polar surface area (TPSA) is 89.2 Å². The zero-order valence-electron chi connectivity index (χ0n) is 13.4. The number of aromatic nitrogens is 3. The number of nitrogens with two attached hydrogens (primary N) is 1. The molecule has 0 fully saturated rings. The maximum absolute atomic E-state index is 5.62. The Bertz CT molecular complexity index is 397. The van der Waals surface area contributed by atoms with Gasteiger partial charge in [-0.3, -0.25) is 5.43 Å². The minimum Gasteiger partial charge on any atom is -0.463 e. The van der Waals surface area contributed by atoms with E-state index in [4.69, 9.17) is 10.6 Å². The van der Waals surface area contributed by atoms with Gasteiger partial charge in [0.1, 0.15) is 0 Å². The van der Waals surface area contributed by atoms with Crippen LogP contribution in [0.3, 0.4) is 0 Å². The predicted molar refractivity (Wildman–Crippen MR) is 85.5 cm³/mol. The summed E-state index contributed by atoms with van der Waals surface area (Å²) >= 11 is 0. The highest BCUT2D eigenvalue weighted by Gasteiger charge is 2.11. The van der Waals surface area contributed by atoms with E-state index in [0.717, 1.165) is 19.5 Å². The molecule has 0 aliphatic carbocycles. The van der Waals surface area contributed by atoms with Crippen molar-refractivity contribution in [3.63, 3.8) is 0 Å². The molecule has 0 unspecified atom stereocenters. The number of anilines is 2. The van der Waals surface area contributed by atoms with Crippen LogP contribution >= 0.6 is 0 Å². The first-order valence-corrected chi connectivity index (χ1v) is 7.85. The Kier molecular flexibility index (Phi) is 8.42. The van der Waals surface area contributed by atoms with Gasteiger partial charge in [0.05, 0.1) is 6.61 Å². The monoisotopic (exact) mass is 296 g/mol. The minimum atomic E-state index is 0.327. The molecule has 0 aliphatic heterocycles. The molecule has 21 heavy (non-hydrogen) atoms. The first kappa shape index (κ1) is 17.4. The van der Waals surface area contributed by atoms with Gasteiger partial charge in [0.25, 0.3) is 0 Å². The molecule has 0 saturated carbocycles. The van der Waals surface area contributed by atoms with Gasteiger partial charge in [0, 0.05) is 13.1 Å². The summed E-state index contributed by atoms with van der Waals surface area (Å²) in [7, 11) is 0. The van der Waals surface area contributed by atoms with Crippen LogP contribution in [-0.2, 0) is 0 Å². The second kappa shape index (κ2) is 10.1. The minimum absolute atomic E-state index is 0.327. The van der Waals surface area contributed by atoms with Crippen LogP contribution in [0.15, 0.2) is 0 Å². The van der Waals surface area contributed by atoms with E-state index < -0.39 is 0 Å². The molecule has 7 nitrogen and oxygen atoms in total. The standard InChI is InChI=1S/C14H28N6O/c1-4-7-8-9-10-11-21-14-17-12(19-15)16-13(18-14)20(5-2)6-3/h4-11,15H2,1-3H3,(H,16,17,18,19). The normalized spacial score (nSPS) is 10.5. The Labute approximate surface area is 127 Å². The molecule has 0 aliphatic rings. The van der Waals surface area contributed by atoms with Crippen molar-refractivity contribution in [1.29, 1.82) is 0 Å². The van der Waals surface area contributed by atoms with Crippen molar-refractivity contribution < 1.29 is 4.74 Å². The summed E-state index contributed by atoms with van der Waals surface area (Å²) in [6, 6.07) is 0.329. The van der Waals surface area contributed by atoms with Crippen LogP contribution < -0.4 is 20.9 Å². The first-order chi connectivity index (χ1) is 10.2. The number of rotatable bonds is 11. The van der Waals surface area contributed by atoms with Crippen LogP contribution in [0.25, 0.3) is 0 Å². The fourth-order valence-electron chi connectivity index (χ4n) is 1.99. The van der Waals surface area contributed by atoms with Gasteiger partial charge in [-0.15, -0.1) is 0 Å². The van der Waals surface area contributed by atoms with Gasteiger partial charge in [-0.25, -0.2) is 5.84 Å². The Morgan fingerprint density at radius 3 is 2.33 bits per heavy atom. The second-order valence-electron chi connectivity index (χ2n) is 4.82. The van der Waals surface area contributed by atoms with Crippen LogP contribution in [0.2, 0.25) is 0 Å². The van der Waals surface area contributed by atoms with Crippen LogP contribution in [0.5, 0.6) is 6.01 Å². The number of nitrogens with one attached hydrogen (secondary N) is 1. The largest absolute Gasteiger partial charge is 0.463 e. The molecule has 0 saturated heterocycles. The van der Waals surface area contributed by atoms with Crippen molar-refractivity contribution in [2.24, 2.45) is 5.84 Å². The quantitative estimate of drug-likeness (QED) is 0.368. The van der Waals surface area contributed by atoms with Gasteiger partial charge in [0.15, 0.2) is 0 Å². The highest BCUT2D eigenvalue weighted by atomic mass is 16.5. The number of hydrazine groups is 1. The van der Waals surface area contributed by atoms with E-state index in [9.17, 15) is 0 Å². The lowest BCUT2D eigenvalue weighted by Crippen LogP contribution is -2.25. The molecule has 7 heteroatoms. The number of nitrogen functional groups attached to an aromatic ring is 1. The molecule has 1 rings (SSSR count). The van der Waals surface area contributed by atoms with Gasteiger partial charge in [0.2, 0.25) is 11.9 Å². The Morgan fingerprint density at radius 2 is 1.71 bits per heavy atom. The maximum Gasteiger partial charge on any atom is 0.323 e. The van der Waals surface area contributed by atoms with E-state index in [-0.39, 0.29) is 0 Å². The molecule has 3 N–H and O–H groups in total. The molecule has 1 aromatic rings. The van der Waals surface area contributed by atoms with Crippen LogP contribution in [0.4, 0.5) is 11.9 Å². The molecule has 1 heterocycles. The van der Waals surface area contributed by atoms with E-state index in [1.54, 1.807) is 0 Å². The van der Waals surface area contributed by atoms with Crippen molar-refractivity contribution >= 4 is 11.9 Å². The van der Waals surface area contributed by atoms with Gasteiger partial charge in [-0.1, -0.05) is 32.6 Å². The molecule has 0 bridgehead atoms. The summed E-state index contributed by atoms with van der Waals surface area (Å²) in [4.78, 5) is 14.7. The fourth-order valence-corrected chi connectivity index (χ4v) is 1.99. The lowest BCUT2D eigenvalue weighted by atomic mass is 10.2. The number of hydrogen-bond donors (Lipinski definition) is 2. The van der Waals surface area contributed by atoms with E-state index in [2.05, 4.69) is 41.1 Å². The number of hydrogen-bond acceptors (Lipinski definition) is 7. The average Bonchev–Trinajstić information content (AvgIpc) is 2.51. The van der Waals surface area contributed by atoms with E-state index in [0.29, 0.717) is 24.5 Å². The summed E-state index contributed by atoms with van der Waals surface area (Å²) in [5, 5.41) is 0. The third-order valence-corrected chi connectivity index (χ3v) is 3.26. The number of nitrogens with zero attached hydrogens (tertiary/aromatic N) is 4. The lowest BCUT2D eigenvalue weighted by Gasteiger charge is -2.19. The second-order valence-corrected chi connectivity index (χ2v) is 4.82. The highest BCUT2D eigenvalue weighted by Crippen LogP contribution is 2.14. The highest BCUT2D eigenvalue weighted by molar-refractivity contribution is 5.37. The predicted octanol–water partition coefficient (Wildman–Crippen LogP) is 2.35. The Morgan fingerprint density at radius 1 is 1.00 bits per heavy atom. The SMILES string of the molecule is CCCCCCCOc1nc(NN)nc(N(CC)CC)n1. The lowest BCUT2D eigenvalue weighted by molar-refractivity contribution is 0.281. The van der Waals surface area contributed by atoms with Gasteiger partial charge < -0.3 is 9.64 Å². The zero-order valence-corrected chi connectivity index (χ0v) is 13.4. The molecular weight excluding hydrogens is 268 g/mol. The first-order valence-electron chi connectivity index (χ1n) is 7.85. The summed E-state index contributed by atoms with van der Waals surface area (Å²) in [6.45, 7) is 8.57. The van der Waals surface area contributed by atoms with Crippen molar-refractivity contribution in [2.45, 2.75) is 52.9 Å². The van der Waals surface area contributed by atoms with E-state index in [1.165, 1.54) is 25.7 Å². The Hall–Kier alpha value is -1.63. The summed E-state index contributed by atoms with van der Waals surface area (Å²) in [5.41, 5.74) is 2.46. The number of ether oxygens (including phenoxy) is 1. The number of unbranched alkanes of at least 4 members (excludes halogenated alkanes) is 4. The molecule has 0 aromatic carbocycles. The van der Waals surface area contributed by atoms with Crippen LogP contribution in [0.1, 0.15) is 52.9 Å². The van der Waals surface area contributed by atoms with Gasteiger partial charge >= 0.3 is 6.01 Å².